The van der Waals surface area contributed by atoms with Crippen LogP contribution in [0.4, 0.5) is 10.6 Å². The molecule has 0 bridgehead atoms. The maximum absolute atomic E-state index is 12.9. The average Bonchev–Trinajstić information content (AvgIpc) is 3.71. The molecule has 0 atom stereocenters. The van der Waals surface area contributed by atoms with Crippen LogP contribution in [-0.4, -0.2) is 63.8 Å². The number of fused-ring (bicyclic) bond motifs is 1. The van der Waals surface area contributed by atoms with Crippen molar-refractivity contribution in [3.8, 4) is 17.0 Å². The zero-order valence-corrected chi connectivity index (χ0v) is 24.1. The molecule has 2 N–H and O–H groups in total. The first-order chi connectivity index (χ1) is 19.4. The SMILES string of the molecule is CN(C)CCNC(=O)Oc1ccc(-c2nc3c(cc2Br)c(NC(=O)c2cccnc2)nn3CCCC2CC2)cc1. The lowest BCUT2D eigenvalue weighted by molar-refractivity contribution is 0.102. The van der Waals surface area contributed by atoms with E-state index in [0.717, 1.165) is 46.4 Å². The molecule has 0 saturated heterocycles. The van der Waals surface area contributed by atoms with Crippen molar-refractivity contribution in [1.82, 2.24) is 30.0 Å². The normalized spacial score (nSPS) is 13.0. The second-order valence-electron chi connectivity index (χ2n) is 10.2. The minimum atomic E-state index is -0.494. The van der Waals surface area contributed by atoms with Gasteiger partial charge in [-0.05, 0) is 91.2 Å². The van der Waals surface area contributed by atoms with Gasteiger partial charge in [-0.15, -0.1) is 0 Å². The minimum Gasteiger partial charge on any atom is -0.410 e. The molecule has 5 rings (SSSR count). The number of carbonyl (C=O) groups is 2. The predicted octanol–water partition coefficient (Wildman–Crippen LogP) is 5.35. The molecule has 208 valence electrons. The summed E-state index contributed by atoms with van der Waals surface area (Å²) in [5.74, 6) is 1.44. The quantitative estimate of drug-likeness (QED) is 0.237. The van der Waals surface area contributed by atoms with Crippen LogP contribution in [-0.2, 0) is 6.54 Å². The molecule has 1 aliphatic rings. The van der Waals surface area contributed by atoms with E-state index in [4.69, 9.17) is 14.8 Å². The fraction of sp³-hybridized carbons (Fsp3) is 0.345. The van der Waals surface area contributed by atoms with Crippen molar-refractivity contribution >= 4 is 44.8 Å². The van der Waals surface area contributed by atoms with Gasteiger partial charge in [0.15, 0.2) is 11.5 Å². The summed E-state index contributed by atoms with van der Waals surface area (Å²) in [6.07, 6.45) is 7.42. The van der Waals surface area contributed by atoms with Gasteiger partial charge in [0.1, 0.15) is 5.75 Å². The van der Waals surface area contributed by atoms with Crippen molar-refractivity contribution in [1.29, 1.82) is 0 Å². The Morgan fingerprint density at radius 1 is 1.18 bits per heavy atom. The molecule has 0 spiro atoms. The van der Waals surface area contributed by atoms with E-state index in [-0.39, 0.29) is 5.91 Å². The molecule has 3 heterocycles. The van der Waals surface area contributed by atoms with E-state index in [1.54, 1.807) is 30.5 Å². The van der Waals surface area contributed by atoms with Gasteiger partial charge in [0.2, 0.25) is 0 Å². The number of nitrogens with zero attached hydrogens (tertiary/aromatic N) is 5. The lowest BCUT2D eigenvalue weighted by atomic mass is 10.1. The number of amides is 2. The number of aromatic nitrogens is 4. The molecule has 2 amide bonds. The number of nitrogens with one attached hydrogen (secondary N) is 2. The summed E-state index contributed by atoms with van der Waals surface area (Å²) < 4.78 is 8.02. The van der Waals surface area contributed by atoms with E-state index < -0.39 is 6.09 Å². The van der Waals surface area contributed by atoms with E-state index in [0.29, 0.717) is 35.9 Å². The third-order valence-corrected chi connectivity index (χ3v) is 7.28. The summed E-state index contributed by atoms with van der Waals surface area (Å²) >= 11 is 3.67. The number of likely N-dealkylation sites (N-methyl/N-ethyl adjacent to an activating group) is 1. The predicted molar refractivity (Wildman–Crippen MR) is 157 cm³/mol. The lowest BCUT2D eigenvalue weighted by Crippen LogP contribution is -2.33. The molecule has 0 unspecified atom stereocenters. The van der Waals surface area contributed by atoms with Gasteiger partial charge in [0, 0.05) is 42.1 Å². The summed E-state index contributed by atoms with van der Waals surface area (Å²) in [6, 6.07) is 12.6. The highest BCUT2D eigenvalue weighted by Gasteiger charge is 2.22. The lowest BCUT2D eigenvalue weighted by Gasteiger charge is -2.11. The van der Waals surface area contributed by atoms with E-state index >= 15 is 0 Å². The summed E-state index contributed by atoms with van der Waals surface area (Å²) in [5.41, 5.74) is 2.72. The van der Waals surface area contributed by atoms with Crippen molar-refractivity contribution in [2.24, 2.45) is 5.92 Å². The smallest absolute Gasteiger partial charge is 0.410 e. The molecule has 1 saturated carbocycles. The number of rotatable bonds is 11. The van der Waals surface area contributed by atoms with Crippen molar-refractivity contribution in [2.45, 2.75) is 32.2 Å². The summed E-state index contributed by atoms with van der Waals surface area (Å²) in [6.45, 7) is 1.93. The van der Waals surface area contributed by atoms with Crippen molar-refractivity contribution in [2.75, 3.05) is 32.5 Å². The first-order valence-corrected chi connectivity index (χ1v) is 14.2. The second kappa shape index (κ2) is 12.6. The van der Waals surface area contributed by atoms with Gasteiger partial charge in [-0.25, -0.2) is 14.5 Å². The molecule has 1 aliphatic carbocycles. The Morgan fingerprint density at radius 2 is 1.98 bits per heavy atom. The number of benzene rings is 1. The Bertz CT molecular complexity index is 1490. The van der Waals surface area contributed by atoms with Gasteiger partial charge in [0.05, 0.1) is 16.6 Å². The standard InChI is InChI=1S/C29H32BrN7O3/c1-36(2)16-14-32-29(39)40-22-11-9-20(10-12-22)25-24(30)17-23-26(34-28(38)21-6-3-13-31-18-21)35-37(27(23)33-25)15-4-5-19-7-8-19/h3,6,9-13,17-19H,4-5,7-8,14-16H2,1-2H3,(H,32,39)(H,34,35,38). The molecule has 11 heteroatoms. The molecule has 3 aromatic heterocycles. The van der Waals surface area contributed by atoms with Gasteiger partial charge >= 0.3 is 6.09 Å². The highest BCUT2D eigenvalue weighted by Crippen LogP contribution is 2.35. The van der Waals surface area contributed by atoms with Gasteiger partial charge in [0.25, 0.3) is 5.91 Å². The van der Waals surface area contributed by atoms with Crippen molar-refractivity contribution < 1.29 is 14.3 Å². The van der Waals surface area contributed by atoms with Crippen LogP contribution in [0, 0.1) is 5.92 Å². The molecule has 0 aliphatic heterocycles. The molecule has 1 fully saturated rings. The molecular formula is C29H32BrN7O3. The van der Waals surface area contributed by atoms with Crippen LogP contribution in [0.15, 0.2) is 59.3 Å². The molecule has 4 aromatic rings. The van der Waals surface area contributed by atoms with Gasteiger partial charge in [-0.3, -0.25) is 9.78 Å². The van der Waals surface area contributed by atoms with Crippen molar-refractivity contribution in [3.05, 3.63) is 64.9 Å². The summed E-state index contributed by atoms with van der Waals surface area (Å²) in [7, 11) is 3.88. The average molecular weight is 607 g/mol. The van der Waals surface area contributed by atoms with E-state index in [2.05, 4.69) is 31.5 Å². The van der Waals surface area contributed by atoms with Crippen LogP contribution in [0.3, 0.4) is 0 Å². The summed E-state index contributed by atoms with van der Waals surface area (Å²) in [4.78, 5) is 35.9. The van der Waals surface area contributed by atoms with Crippen LogP contribution < -0.4 is 15.4 Å². The zero-order valence-electron chi connectivity index (χ0n) is 22.6. The van der Waals surface area contributed by atoms with Crippen LogP contribution in [0.2, 0.25) is 0 Å². The largest absolute Gasteiger partial charge is 0.412 e. The number of hydrogen-bond donors (Lipinski definition) is 2. The zero-order chi connectivity index (χ0) is 28.1. The summed E-state index contributed by atoms with van der Waals surface area (Å²) in [5, 5.41) is 11.2. The number of halogens is 1. The number of hydrogen-bond acceptors (Lipinski definition) is 7. The Kier molecular flexibility index (Phi) is 8.71. The molecular weight excluding hydrogens is 574 g/mol. The fourth-order valence-corrected chi connectivity index (χ4v) is 4.89. The minimum absolute atomic E-state index is 0.279. The first-order valence-electron chi connectivity index (χ1n) is 13.4. The number of carbonyl (C=O) groups excluding carboxylic acids is 2. The van der Waals surface area contributed by atoms with E-state index in [1.807, 2.05) is 41.9 Å². The first kappa shape index (κ1) is 27.7. The number of anilines is 1. The topological polar surface area (TPSA) is 114 Å². The maximum atomic E-state index is 12.9. The van der Waals surface area contributed by atoms with Crippen LogP contribution in [0.5, 0.6) is 5.75 Å². The van der Waals surface area contributed by atoms with Gasteiger partial charge in [-0.1, -0.05) is 12.8 Å². The van der Waals surface area contributed by atoms with Crippen LogP contribution in [0.25, 0.3) is 22.3 Å². The Hall–Kier alpha value is -3.83. The van der Waals surface area contributed by atoms with Crippen molar-refractivity contribution in [3.63, 3.8) is 0 Å². The number of ether oxygens (including phenoxy) is 1. The molecule has 40 heavy (non-hydrogen) atoms. The highest BCUT2D eigenvalue weighted by molar-refractivity contribution is 9.10. The Labute approximate surface area is 241 Å². The van der Waals surface area contributed by atoms with Gasteiger partial charge in [-0.2, -0.15) is 5.10 Å². The Morgan fingerprint density at radius 3 is 2.67 bits per heavy atom. The molecule has 10 nitrogen and oxygen atoms in total. The third kappa shape index (κ3) is 7.02. The van der Waals surface area contributed by atoms with Crippen LogP contribution in [0.1, 0.15) is 36.0 Å². The Balaban J connectivity index is 1.38. The molecule has 0 radical (unpaired) electrons. The second-order valence-corrected chi connectivity index (χ2v) is 11.0. The molecule has 1 aromatic carbocycles. The van der Waals surface area contributed by atoms with Crippen LogP contribution >= 0.6 is 15.9 Å². The fourth-order valence-electron chi connectivity index (χ4n) is 4.34. The highest BCUT2D eigenvalue weighted by atomic mass is 79.9. The van der Waals surface area contributed by atoms with E-state index in [1.165, 1.54) is 19.0 Å². The monoisotopic (exact) mass is 605 g/mol. The number of pyridine rings is 2. The third-order valence-electron chi connectivity index (χ3n) is 6.68. The van der Waals surface area contributed by atoms with Gasteiger partial charge < -0.3 is 20.3 Å². The maximum Gasteiger partial charge on any atom is 0.412 e. The number of aryl methyl sites for hydroxylation is 1. The van der Waals surface area contributed by atoms with E-state index in [9.17, 15) is 9.59 Å².